The standard InChI is InChI=1S/C17H24O5/c1-12(18)17(4,5)22-11-10-21-14-8-6-13(7-9-14)15(19)16(2,3)20/h6-9,20H,10-11H2,1-5H3. The van der Waals surface area contributed by atoms with Crippen LogP contribution in [0, 0.1) is 0 Å². The van der Waals surface area contributed by atoms with Gasteiger partial charge in [-0.05, 0) is 58.9 Å². The average molecular weight is 308 g/mol. The van der Waals surface area contributed by atoms with Crippen LogP contribution < -0.4 is 4.74 Å². The van der Waals surface area contributed by atoms with Crippen LogP contribution in [-0.4, -0.2) is 41.1 Å². The number of carbonyl (C=O) groups excluding carboxylic acids is 2. The summed E-state index contributed by atoms with van der Waals surface area (Å²) in [7, 11) is 0. The first-order valence-corrected chi connectivity index (χ1v) is 7.19. The molecule has 1 N–H and O–H groups in total. The van der Waals surface area contributed by atoms with Crippen LogP contribution in [0.1, 0.15) is 45.0 Å². The van der Waals surface area contributed by atoms with Crippen LogP contribution in [0.3, 0.4) is 0 Å². The Balaban J connectivity index is 2.49. The Kier molecular flexibility index (Phi) is 5.85. The number of hydrogen-bond donors (Lipinski definition) is 1. The molecule has 0 aliphatic heterocycles. The van der Waals surface area contributed by atoms with Crippen LogP contribution in [0.25, 0.3) is 0 Å². The van der Waals surface area contributed by atoms with E-state index < -0.39 is 11.2 Å². The summed E-state index contributed by atoms with van der Waals surface area (Å²) in [6.45, 7) is 8.41. The second-order valence-electron chi connectivity index (χ2n) is 6.18. The van der Waals surface area contributed by atoms with E-state index in [0.29, 0.717) is 17.9 Å². The van der Waals surface area contributed by atoms with Gasteiger partial charge in [0.15, 0.2) is 11.6 Å². The molecule has 0 spiro atoms. The van der Waals surface area contributed by atoms with Gasteiger partial charge in [-0.2, -0.15) is 0 Å². The number of ketones is 2. The number of Topliss-reactive ketones (excluding diaryl/α,β-unsaturated/α-hetero) is 2. The molecule has 0 aliphatic rings. The van der Waals surface area contributed by atoms with Crippen molar-refractivity contribution in [1.82, 2.24) is 0 Å². The fraction of sp³-hybridized carbons (Fsp3) is 0.529. The van der Waals surface area contributed by atoms with Gasteiger partial charge in [0.05, 0.1) is 6.61 Å². The van der Waals surface area contributed by atoms with Gasteiger partial charge in [-0.3, -0.25) is 9.59 Å². The van der Waals surface area contributed by atoms with E-state index in [2.05, 4.69) is 0 Å². The van der Waals surface area contributed by atoms with Gasteiger partial charge in [0, 0.05) is 5.56 Å². The zero-order chi connectivity index (χ0) is 17.0. The predicted octanol–water partition coefficient (Wildman–Crippen LogP) is 2.40. The molecular weight excluding hydrogens is 284 g/mol. The summed E-state index contributed by atoms with van der Waals surface area (Å²) in [5.74, 6) is 0.212. The molecule has 0 aliphatic carbocycles. The quantitative estimate of drug-likeness (QED) is 0.590. The molecule has 0 aromatic heterocycles. The van der Waals surface area contributed by atoms with Crippen LogP contribution in [0.2, 0.25) is 0 Å². The number of rotatable bonds is 8. The Bertz CT molecular complexity index is 523. The monoisotopic (exact) mass is 308 g/mol. The molecule has 0 saturated carbocycles. The lowest BCUT2D eigenvalue weighted by molar-refractivity contribution is -0.138. The van der Waals surface area contributed by atoms with E-state index in [-0.39, 0.29) is 18.2 Å². The second-order valence-corrected chi connectivity index (χ2v) is 6.18. The molecule has 5 nitrogen and oxygen atoms in total. The molecule has 0 unspecified atom stereocenters. The minimum atomic E-state index is -1.39. The Labute approximate surface area is 131 Å². The third-order valence-electron chi connectivity index (χ3n) is 3.33. The van der Waals surface area contributed by atoms with E-state index >= 15 is 0 Å². The van der Waals surface area contributed by atoms with Gasteiger partial charge in [0.2, 0.25) is 0 Å². The third kappa shape index (κ3) is 5.24. The summed E-state index contributed by atoms with van der Waals surface area (Å²) in [5.41, 5.74) is -1.78. The molecule has 122 valence electrons. The van der Waals surface area contributed by atoms with Gasteiger partial charge < -0.3 is 14.6 Å². The molecule has 22 heavy (non-hydrogen) atoms. The molecule has 0 heterocycles. The Morgan fingerprint density at radius 3 is 2.05 bits per heavy atom. The Morgan fingerprint density at radius 1 is 1.05 bits per heavy atom. The van der Waals surface area contributed by atoms with Gasteiger partial charge in [0.25, 0.3) is 0 Å². The Morgan fingerprint density at radius 2 is 1.59 bits per heavy atom. The van der Waals surface area contributed by atoms with E-state index in [1.54, 1.807) is 38.1 Å². The van der Waals surface area contributed by atoms with Crippen LogP contribution in [0.5, 0.6) is 5.75 Å². The topological polar surface area (TPSA) is 72.8 Å². The van der Waals surface area contributed by atoms with Crippen molar-refractivity contribution in [1.29, 1.82) is 0 Å². The predicted molar refractivity (Wildman–Crippen MR) is 83.3 cm³/mol. The molecule has 0 radical (unpaired) electrons. The maximum atomic E-state index is 11.9. The summed E-state index contributed by atoms with van der Waals surface area (Å²) in [6, 6.07) is 6.54. The fourth-order valence-electron chi connectivity index (χ4n) is 1.61. The van der Waals surface area contributed by atoms with Crippen molar-refractivity contribution in [3.8, 4) is 5.75 Å². The van der Waals surface area contributed by atoms with Crippen LogP contribution in [0.15, 0.2) is 24.3 Å². The molecule has 1 aromatic rings. The average Bonchev–Trinajstić information content (AvgIpc) is 2.42. The number of benzene rings is 1. The highest BCUT2D eigenvalue weighted by atomic mass is 16.5. The zero-order valence-electron chi connectivity index (χ0n) is 13.8. The van der Waals surface area contributed by atoms with Crippen molar-refractivity contribution >= 4 is 11.6 Å². The number of carbonyl (C=O) groups is 2. The summed E-state index contributed by atoms with van der Waals surface area (Å²) in [6.07, 6.45) is 0. The van der Waals surface area contributed by atoms with Gasteiger partial charge in [-0.15, -0.1) is 0 Å². The molecule has 5 heteroatoms. The highest BCUT2D eigenvalue weighted by Crippen LogP contribution is 2.17. The largest absolute Gasteiger partial charge is 0.491 e. The maximum absolute atomic E-state index is 11.9. The molecular formula is C17H24O5. The smallest absolute Gasteiger partial charge is 0.193 e. The molecule has 0 bridgehead atoms. The Hall–Kier alpha value is -1.72. The molecule has 1 aromatic carbocycles. The summed E-state index contributed by atoms with van der Waals surface area (Å²) in [4.78, 5) is 23.2. The van der Waals surface area contributed by atoms with Crippen LogP contribution in [0.4, 0.5) is 0 Å². The minimum absolute atomic E-state index is 0.0398. The van der Waals surface area contributed by atoms with E-state index in [1.165, 1.54) is 20.8 Å². The van der Waals surface area contributed by atoms with E-state index in [1.807, 2.05) is 0 Å². The highest BCUT2D eigenvalue weighted by Gasteiger charge is 2.25. The number of aliphatic hydroxyl groups is 1. The first kappa shape index (κ1) is 18.3. The highest BCUT2D eigenvalue weighted by molar-refractivity contribution is 6.01. The van der Waals surface area contributed by atoms with Crippen LogP contribution >= 0.6 is 0 Å². The molecule has 0 saturated heterocycles. The number of hydrogen-bond acceptors (Lipinski definition) is 5. The van der Waals surface area contributed by atoms with Gasteiger partial charge in [-0.25, -0.2) is 0 Å². The molecule has 0 fully saturated rings. The summed E-state index contributed by atoms with van der Waals surface area (Å²) < 4.78 is 10.9. The van der Waals surface area contributed by atoms with E-state index in [9.17, 15) is 14.7 Å². The van der Waals surface area contributed by atoms with Crippen molar-refractivity contribution < 1.29 is 24.2 Å². The first-order chi connectivity index (χ1) is 10.0. The minimum Gasteiger partial charge on any atom is -0.491 e. The lowest BCUT2D eigenvalue weighted by Gasteiger charge is -2.22. The van der Waals surface area contributed by atoms with Gasteiger partial charge >= 0.3 is 0 Å². The zero-order valence-corrected chi connectivity index (χ0v) is 13.8. The first-order valence-electron chi connectivity index (χ1n) is 7.19. The van der Waals surface area contributed by atoms with Gasteiger partial charge in [-0.1, -0.05) is 0 Å². The van der Waals surface area contributed by atoms with Gasteiger partial charge in [0.1, 0.15) is 23.6 Å². The lowest BCUT2D eigenvalue weighted by atomic mass is 9.97. The number of ether oxygens (including phenoxy) is 2. The van der Waals surface area contributed by atoms with Crippen molar-refractivity contribution in [3.05, 3.63) is 29.8 Å². The second kappa shape index (κ2) is 7.03. The van der Waals surface area contributed by atoms with Crippen LogP contribution in [-0.2, 0) is 9.53 Å². The van der Waals surface area contributed by atoms with Crippen molar-refractivity contribution in [2.45, 2.75) is 45.8 Å². The maximum Gasteiger partial charge on any atom is 0.193 e. The molecule has 1 rings (SSSR count). The van der Waals surface area contributed by atoms with Crippen molar-refractivity contribution in [2.24, 2.45) is 0 Å². The fourth-order valence-corrected chi connectivity index (χ4v) is 1.61. The van der Waals surface area contributed by atoms with Crippen molar-refractivity contribution in [2.75, 3.05) is 13.2 Å². The summed E-state index contributed by atoms with van der Waals surface area (Å²) >= 11 is 0. The normalized spacial score (nSPS) is 12.1. The lowest BCUT2D eigenvalue weighted by Crippen LogP contribution is -2.34. The summed E-state index contributed by atoms with van der Waals surface area (Å²) in [5, 5.41) is 9.68. The van der Waals surface area contributed by atoms with Crippen molar-refractivity contribution in [3.63, 3.8) is 0 Å². The van der Waals surface area contributed by atoms with E-state index in [0.717, 1.165) is 0 Å². The molecule has 0 amide bonds. The molecule has 0 atom stereocenters. The van der Waals surface area contributed by atoms with E-state index in [4.69, 9.17) is 9.47 Å². The SMILES string of the molecule is CC(=O)C(C)(C)OCCOc1ccc(C(=O)C(C)(C)O)cc1. The third-order valence-corrected chi connectivity index (χ3v) is 3.33.